The summed E-state index contributed by atoms with van der Waals surface area (Å²) >= 11 is 0. The maximum absolute atomic E-state index is 6.37. The Kier molecular flexibility index (Phi) is 7.99. The van der Waals surface area contributed by atoms with Crippen LogP contribution in [0.1, 0.15) is 16.7 Å². The van der Waals surface area contributed by atoms with Gasteiger partial charge in [0, 0.05) is 44.0 Å². The Labute approximate surface area is 266 Å². The number of rotatable bonds is 2. The third-order valence-corrected chi connectivity index (χ3v) is 7.80. The Bertz CT molecular complexity index is 1920. The van der Waals surface area contributed by atoms with Crippen molar-refractivity contribution in [3.8, 4) is 45.5 Å². The van der Waals surface area contributed by atoms with Crippen molar-refractivity contribution in [2.24, 2.45) is 0 Å². The van der Waals surface area contributed by atoms with Crippen molar-refractivity contribution in [2.75, 3.05) is 0 Å². The monoisotopic (exact) mass is 735 g/mol. The molecule has 0 saturated carbocycles. The van der Waals surface area contributed by atoms with Crippen LogP contribution in [0.3, 0.4) is 0 Å². The maximum Gasteiger partial charge on any atom is 0.239 e. The van der Waals surface area contributed by atoms with Gasteiger partial charge in [-0.15, -0.1) is 47.5 Å². The van der Waals surface area contributed by atoms with E-state index in [9.17, 15) is 0 Å². The van der Waals surface area contributed by atoms with Gasteiger partial charge in [-0.1, -0.05) is 78.1 Å². The Balaban J connectivity index is 0.000000176. The molecular weight excluding hydrogens is 707 g/mol. The molecule has 0 fully saturated rings. The van der Waals surface area contributed by atoms with Crippen LogP contribution in [0.2, 0.25) is 0 Å². The second kappa shape index (κ2) is 12.0. The zero-order valence-electron chi connectivity index (χ0n) is 24.0. The van der Waals surface area contributed by atoms with Gasteiger partial charge in [-0.25, -0.2) is 0 Å². The van der Waals surface area contributed by atoms with Gasteiger partial charge in [0.1, 0.15) is 11.5 Å². The fourth-order valence-electron chi connectivity index (χ4n) is 5.46. The first-order chi connectivity index (χ1) is 20.6. The van der Waals surface area contributed by atoms with E-state index in [1.165, 1.54) is 16.7 Å². The van der Waals surface area contributed by atoms with Crippen molar-refractivity contribution in [1.29, 1.82) is 0 Å². The molecule has 0 amide bonds. The SMILES string of the molecule is Cc1c[c-]c(-c2cc(C)c(C)cn2)cc1.[Ir].[c-]1cc2c3c(c1-c1ccccn1)Oc1ccccc1B3c1ccccc1O2. The Morgan fingerprint density at radius 3 is 2.05 bits per heavy atom. The van der Waals surface area contributed by atoms with Gasteiger partial charge in [0.15, 0.2) is 0 Å². The van der Waals surface area contributed by atoms with Gasteiger partial charge < -0.3 is 19.4 Å². The van der Waals surface area contributed by atoms with Crippen LogP contribution in [0.4, 0.5) is 0 Å². The molecular formula is C37H27BIrN2O2-2. The number of hydrogen-bond donors (Lipinski definition) is 0. The van der Waals surface area contributed by atoms with Crippen LogP contribution in [0.5, 0.6) is 23.0 Å². The zero-order chi connectivity index (χ0) is 28.6. The molecule has 211 valence electrons. The van der Waals surface area contributed by atoms with Crippen LogP contribution in [-0.2, 0) is 20.1 Å². The fourth-order valence-corrected chi connectivity index (χ4v) is 5.46. The van der Waals surface area contributed by atoms with Crippen molar-refractivity contribution in [3.63, 3.8) is 0 Å². The molecule has 0 saturated heterocycles. The number of fused-ring (bicyclic) bond motifs is 4. The van der Waals surface area contributed by atoms with Gasteiger partial charge >= 0.3 is 0 Å². The molecule has 4 nitrogen and oxygen atoms in total. The predicted molar refractivity (Wildman–Crippen MR) is 169 cm³/mol. The van der Waals surface area contributed by atoms with Crippen LogP contribution in [0.15, 0.2) is 109 Å². The van der Waals surface area contributed by atoms with E-state index >= 15 is 0 Å². The first-order valence-corrected chi connectivity index (χ1v) is 14.0. The average molecular weight is 735 g/mol. The molecule has 1 radical (unpaired) electrons. The van der Waals surface area contributed by atoms with Crippen LogP contribution < -0.4 is 25.9 Å². The first kappa shape index (κ1) is 28.6. The number of ether oxygens (including phenoxy) is 2. The van der Waals surface area contributed by atoms with E-state index in [0.29, 0.717) is 0 Å². The molecule has 4 aromatic carbocycles. The smallest absolute Gasteiger partial charge is 0.239 e. The largest absolute Gasteiger partial charge is 0.503 e. The summed E-state index contributed by atoms with van der Waals surface area (Å²) in [5, 5.41) is 0. The number of aryl methyl sites for hydroxylation is 3. The minimum atomic E-state index is 0. The number of hydrogen-bond acceptors (Lipinski definition) is 4. The molecule has 0 aliphatic carbocycles. The van der Waals surface area contributed by atoms with Gasteiger partial charge in [0.05, 0.1) is 0 Å². The zero-order valence-corrected chi connectivity index (χ0v) is 26.4. The summed E-state index contributed by atoms with van der Waals surface area (Å²) in [4.78, 5) is 8.91. The summed E-state index contributed by atoms with van der Waals surface area (Å²) in [7, 11) is 0. The number of para-hydroxylation sites is 2. The quantitative estimate of drug-likeness (QED) is 0.146. The third-order valence-electron chi connectivity index (χ3n) is 7.80. The molecule has 2 aliphatic rings. The summed E-state index contributed by atoms with van der Waals surface area (Å²) in [5.41, 5.74) is 10.8. The average Bonchev–Trinajstić information content (AvgIpc) is 3.03. The van der Waals surface area contributed by atoms with Gasteiger partial charge in [0.2, 0.25) is 6.71 Å². The fraction of sp³-hybridized carbons (Fsp3) is 0.0811. The van der Waals surface area contributed by atoms with Crippen molar-refractivity contribution in [1.82, 2.24) is 9.97 Å². The van der Waals surface area contributed by atoms with Crippen molar-refractivity contribution in [3.05, 3.63) is 138 Å². The molecule has 43 heavy (non-hydrogen) atoms. The van der Waals surface area contributed by atoms with E-state index in [4.69, 9.17) is 9.47 Å². The minimum Gasteiger partial charge on any atom is -0.503 e. The van der Waals surface area contributed by atoms with E-state index in [1.54, 1.807) is 6.20 Å². The molecule has 0 unspecified atom stereocenters. The summed E-state index contributed by atoms with van der Waals surface area (Å²) in [6.07, 6.45) is 3.70. The van der Waals surface area contributed by atoms with Gasteiger partial charge in [-0.3, -0.25) is 0 Å². The van der Waals surface area contributed by atoms with Gasteiger partial charge in [-0.2, -0.15) is 0 Å². The number of pyridine rings is 2. The standard InChI is InChI=1S/C23H13BNO2.C14H14N.Ir/c1-3-10-19-16(7-1)24-17-8-2-4-11-20(17)27-23-15(18-9-5-6-14-25-18)12-13-21(26-19)22(23)24;1-10-4-6-13(7-5-10)14-8-11(2)12(3)9-15-14;/h1-11,13-14H;4-6,8-9H,1-3H3;/q2*-1;. The maximum atomic E-state index is 6.37. The number of benzene rings is 4. The Morgan fingerprint density at radius 1 is 0.651 bits per heavy atom. The van der Waals surface area contributed by atoms with Gasteiger partial charge in [0.25, 0.3) is 0 Å². The Hall–Kier alpha value is -4.51. The van der Waals surface area contributed by atoms with Crippen LogP contribution in [-0.4, -0.2) is 16.7 Å². The molecule has 2 aliphatic heterocycles. The molecule has 0 N–H and O–H groups in total. The summed E-state index contributed by atoms with van der Waals surface area (Å²) in [6, 6.07) is 39.0. The van der Waals surface area contributed by atoms with Crippen molar-refractivity contribution in [2.45, 2.75) is 20.8 Å². The molecule has 0 bridgehead atoms. The molecule has 0 atom stereocenters. The molecule has 2 aromatic heterocycles. The number of nitrogens with zero attached hydrogens (tertiary/aromatic N) is 2. The van der Waals surface area contributed by atoms with Crippen molar-refractivity contribution >= 4 is 23.1 Å². The second-order valence-electron chi connectivity index (χ2n) is 10.6. The van der Waals surface area contributed by atoms with Crippen LogP contribution >= 0.6 is 0 Å². The third kappa shape index (κ3) is 5.40. The summed E-state index contributed by atoms with van der Waals surface area (Å²) in [5.74, 6) is 3.33. The molecule has 0 spiro atoms. The predicted octanol–water partition coefficient (Wildman–Crippen LogP) is 6.75. The minimum absolute atomic E-state index is 0. The Morgan fingerprint density at radius 2 is 1.37 bits per heavy atom. The first-order valence-electron chi connectivity index (χ1n) is 14.0. The van der Waals surface area contributed by atoms with Crippen LogP contribution in [0.25, 0.3) is 22.5 Å². The summed E-state index contributed by atoms with van der Waals surface area (Å²) < 4.78 is 12.6. The van der Waals surface area contributed by atoms with Crippen LogP contribution in [0, 0.1) is 32.9 Å². The number of aromatic nitrogens is 2. The van der Waals surface area contributed by atoms with E-state index in [0.717, 1.165) is 61.9 Å². The molecule has 6 heteroatoms. The van der Waals surface area contributed by atoms with E-state index in [2.05, 4.69) is 85.3 Å². The molecule has 4 heterocycles. The second-order valence-corrected chi connectivity index (χ2v) is 10.6. The normalized spacial score (nSPS) is 11.7. The topological polar surface area (TPSA) is 44.2 Å². The molecule has 8 rings (SSSR count). The van der Waals surface area contributed by atoms with E-state index in [1.807, 2.05) is 60.8 Å². The summed E-state index contributed by atoms with van der Waals surface area (Å²) in [6.45, 7) is 6.32. The molecule has 6 aromatic rings. The van der Waals surface area contributed by atoms with Crippen molar-refractivity contribution < 1.29 is 29.6 Å². The van der Waals surface area contributed by atoms with Gasteiger partial charge in [-0.05, 0) is 59.9 Å². The van der Waals surface area contributed by atoms with E-state index in [-0.39, 0.29) is 26.8 Å². The van der Waals surface area contributed by atoms with E-state index < -0.39 is 0 Å².